The fraction of sp³-hybridized carbons (Fsp3) is 0.484. The van der Waals surface area contributed by atoms with E-state index in [2.05, 4.69) is 56.8 Å². The third-order valence-corrected chi connectivity index (χ3v) is 7.16. The van der Waals surface area contributed by atoms with Gasteiger partial charge < -0.3 is 9.47 Å². The molecule has 0 unspecified atom stereocenters. The maximum Gasteiger partial charge on any atom is 0.310 e. The van der Waals surface area contributed by atoms with Crippen LogP contribution >= 0.6 is 0 Å². The molecule has 0 bridgehead atoms. The Morgan fingerprint density at radius 2 is 1.31 bits per heavy atom. The lowest BCUT2D eigenvalue weighted by molar-refractivity contribution is -0.143. The monoisotopic (exact) mass is 476 g/mol. The summed E-state index contributed by atoms with van der Waals surface area (Å²) in [6, 6.07) is 13.8. The Balaban J connectivity index is 1.79. The Hall–Kier alpha value is -2.88. The van der Waals surface area contributed by atoms with E-state index in [4.69, 9.17) is 9.47 Å². The van der Waals surface area contributed by atoms with Gasteiger partial charge in [-0.05, 0) is 68.7 Å². The molecule has 35 heavy (non-hydrogen) atoms. The van der Waals surface area contributed by atoms with Crippen LogP contribution < -0.4 is 0 Å². The number of aryl methyl sites for hydroxylation is 2. The van der Waals surface area contributed by atoms with E-state index >= 15 is 0 Å². The van der Waals surface area contributed by atoms with Crippen LogP contribution in [-0.4, -0.2) is 18.5 Å². The minimum atomic E-state index is -0.209. The fourth-order valence-electron chi connectivity index (χ4n) is 5.52. The van der Waals surface area contributed by atoms with Crippen LogP contribution in [0.3, 0.4) is 0 Å². The van der Waals surface area contributed by atoms with Crippen molar-refractivity contribution in [3.8, 4) is 11.1 Å². The van der Waals surface area contributed by atoms with Crippen LogP contribution in [0.1, 0.15) is 93.4 Å². The topological polar surface area (TPSA) is 52.6 Å². The Labute approximate surface area is 210 Å². The SMILES string of the molecule is C=COC(=O)CCCCCC1(CCCCCC(=O)OCC)c2cc(C)ccc2-c2ccc(C)cc21. The minimum Gasteiger partial charge on any atom is -0.466 e. The first kappa shape index (κ1) is 26.7. The Bertz CT molecular complexity index is 985. The highest BCUT2D eigenvalue weighted by molar-refractivity contribution is 5.81. The fourth-order valence-corrected chi connectivity index (χ4v) is 5.52. The van der Waals surface area contributed by atoms with Gasteiger partial charge in [0.1, 0.15) is 0 Å². The molecule has 3 rings (SSSR count). The molecule has 0 aliphatic heterocycles. The summed E-state index contributed by atoms with van der Waals surface area (Å²) in [6.07, 6.45) is 10.0. The Morgan fingerprint density at radius 1 is 0.800 bits per heavy atom. The summed E-state index contributed by atoms with van der Waals surface area (Å²) < 4.78 is 9.95. The molecule has 4 heteroatoms. The van der Waals surface area contributed by atoms with Gasteiger partial charge in [-0.1, -0.05) is 79.8 Å². The predicted molar refractivity (Wildman–Crippen MR) is 141 cm³/mol. The molecule has 188 valence electrons. The van der Waals surface area contributed by atoms with Gasteiger partial charge in [-0.25, -0.2) is 0 Å². The van der Waals surface area contributed by atoms with Gasteiger partial charge >= 0.3 is 11.9 Å². The normalized spacial score (nSPS) is 13.1. The van der Waals surface area contributed by atoms with Crippen molar-refractivity contribution in [2.75, 3.05) is 6.61 Å². The Morgan fingerprint density at radius 3 is 1.80 bits per heavy atom. The summed E-state index contributed by atoms with van der Waals surface area (Å²) >= 11 is 0. The quantitative estimate of drug-likeness (QED) is 0.159. The van der Waals surface area contributed by atoms with Gasteiger partial charge in [0.25, 0.3) is 0 Å². The molecule has 0 heterocycles. The molecule has 1 aliphatic rings. The smallest absolute Gasteiger partial charge is 0.310 e. The number of benzene rings is 2. The summed E-state index contributed by atoms with van der Waals surface area (Å²) in [5.74, 6) is -0.306. The minimum absolute atomic E-state index is 0.0335. The largest absolute Gasteiger partial charge is 0.466 e. The molecular formula is C31H40O4. The number of carbonyl (C=O) groups is 2. The van der Waals surface area contributed by atoms with E-state index in [9.17, 15) is 9.59 Å². The molecule has 0 radical (unpaired) electrons. The lowest BCUT2D eigenvalue weighted by Gasteiger charge is -2.33. The number of rotatable bonds is 14. The van der Waals surface area contributed by atoms with Crippen molar-refractivity contribution in [3.05, 3.63) is 71.5 Å². The molecule has 0 fully saturated rings. The zero-order valence-electron chi connectivity index (χ0n) is 21.7. The number of carbonyl (C=O) groups excluding carboxylic acids is 2. The lowest BCUT2D eigenvalue weighted by atomic mass is 9.70. The van der Waals surface area contributed by atoms with Crippen molar-refractivity contribution in [1.29, 1.82) is 0 Å². The van der Waals surface area contributed by atoms with Crippen molar-refractivity contribution in [2.24, 2.45) is 0 Å². The number of hydrogen-bond acceptors (Lipinski definition) is 4. The highest BCUT2D eigenvalue weighted by Crippen LogP contribution is 2.54. The second kappa shape index (κ2) is 12.7. The van der Waals surface area contributed by atoms with Crippen molar-refractivity contribution >= 4 is 11.9 Å². The molecule has 0 amide bonds. The van der Waals surface area contributed by atoms with Gasteiger partial charge in [-0.3, -0.25) is 9.59 Å². The molecule has 0 spiro atoms. The zero-order chi connectivity index (χ0) is 25.3. The maximum absolute atomic E-state index is 11.8. The van der Waals surface area contributed by atoms with Gasteiger partial charge in [0.15, 0.2) is 0 Å². The van der Waals surface area contributed by atoms with E-state index in [-0.39, 0.29) is 17.4 Å². The molecule has 0 aromatic heterocycles. The number of fused-ring (bicyclic) bond motifs is 3. The molecular weight excluding hydrogens is 436 g/mol. The van der Waals surface area contributed by atoms with Gasteiger partial charge in [0, 0.05) is 18.3 Å². The second-order valence-corrected chi connectivity index (χ2v) is 9.76. The van der Waals surface area contributed by atoms with Crippen LogP contribution in [0, 0.1) is 13.8 Å². The van der Waals surface area contributed by atoms with E-state index in [1.807, 2.05) is 6.92 Å². The van der Waals surface area contributed by atoms with Crippen molar-refractivity contribution < 1.29 is 19.1 Å². The first-order valence-electron chi connectivity index (χ1n) is 13.1. The number of esters is 2. The van der Waals surface area contributed by atoms with Crippen LogP contribution in [0.15, 0.2) is 49.2 Å². The third kappa shape index (κ3) is 6.62. The molecule has 4 nitrogen and oxygen atoms in total. The average molecular weight is 477 g/mol. The van der Waals surface area contributed by atoms with Crippen LogP contribution in [0.25, 0.3) is 11.1 Å². The highest BCUT2D eigenvalue weighted by Gasteiger charge is 2.42. The van der Waals surface area contributed by atoms with Crippen molar-refractivity contribution in [2.45, 2.75) is 90.4 Å². The van der Waals surface area contributed by atoms with E-state index in [1.54, 1.807) is 0 Å². The molecule has 0 atom stereocenters. The van der Waals surface area contributed by atoms with Gasteiger partial charge in [-0.2, -0.15) is 0 Å². The molecule has 2 aromatic carbocycles. The lowest BCUT2D eigenvalue weighted by Crippen LogP contribution is -2.26. The van der Waals surface area contributed by atoms with Crippen molar-refractivity contribution in [1.82, 2.24) is 0 Å². The zero-order valence-corrected chi connectivity index (χ0v) is 21.7. The van der Waals surface area contributed by atoms with Crippen LogP contribution in [0.5, 0.6) is 0 Å². The maximum atomic E-state index is 11.8. The molecule has 1 aliphatic carbocycles. The number of hydrogen-bond donors (Lipinski definition) is 0. The van der Waals surface area contributed by atoms with E-state index < -0.39 is 0 Å². The summed E-state index contributed by atoms with van der Waals surface area (Å²) in [7, 11) is 0. The number of unbranched alkanes of at least 4 members (excludes halogenated alkanes) is 4. The molecule has 2 aromatic rings. The molecule has 0 saturated carbocycles. The van der Waals surface area contributed by atoms with Crippen molar-refractivity contribution in [3.63, 3.8) is 0 Å². The van der Waals surface area contributed by atoms with Crippen LogP contribution in [0.4, 0.5) is 0 Å². The molecule has 0 saturated heterocycles. The first-order chi connectivity index (χ1) is 16.9. The highest BCUT2D eigenvalue weighted by atomic mass is 16.5. The van der Waals surface area contributed by atoms with Gasteiger partial charge in [0.2, 0.25) is 0 Å². The second-order valence-electron chi connectivity index (χ2n) is 9.76. The van der Waals surface area contributed by atoms with Crippen LogP contribution in [0.2, 0.25) is 0 Å². The standard InChI is InChI=1S/C31H40O4/c1-5-34-29(32)13-9-7-11-19-31(20-12-8-10-14-30(33)35-6-2)27-21-23(3)15-17-25(27)26-18-16-24(4)22-28(26)31/h5,15-18,21-22H,1,6-14,19-20H2,2-4H3. The number of ether oxygens (including phenoxy) is 2. The Kier molecular flexibility index (Phi) is 9.71. The van der Waals surface area contributed by atoms with Gasteiger partial charge in [-0.15, -0.1) is 0 Å². The first-order valence-corrected chi connectivity index (χ1v) is 13.1. The summed E-state index contributed by atoms with van der Waals surface area (Å²) in [5.41, 5.74) is 8.12. The van der Waals surface area contributed by atoms with Gasteiger partial charge in [0.05, 0.1) is 12.9 Å². The summed E-state index contributed by atoms with van der Waals surface area (Å²) in [4.78, 5) is 23.5. The summed E-state index contributed by atoms with van der Waals surface area (Å²) in [5, 5.41) is 0. The third-order valence-electron chi connectivity index (χ3n) is 7.16. The summed E-state index contributed by atoms with van der Waals surface area (Å²) in [6.45, 7) is 10.1. The molecule has 0 N–H and O–H groups in total. The van der Waals surface area contributed by atoms with Crippen LogP contribution in [-0.2, 0) is 24.5 Å². The van der Waals surface area contributed by atoms with E-state index in [0.717, 1.165) is 51.4 Å². The van der Waals surface area contributed by atoms with E-state index in [1.165, 1.54) is 39.6 Å². The van der Waals surface area contributed by atoms with E-state index in [0.29, 0.717) is 19.4 Å². The average Bonchev–Trinajstić information content (AvgIpc) is 3.07. The predicted octanol–water partition coefficient (Wildman–Crippen LogP) is 7.72.